The minimum absolute atomic E-state index is 0.393. The fraction of sp³-hybridized carbons (Fsp3) is 0. The van der Waals surface area contributed by atoms with Gasteiger partial charge in [0.05, 0.1) is 68.5 Å². The van der Waals surface area contributed by atoms with E-state index in [0.717, 1.165) is 0 Å². The van der Waals surface area contributed by atoms with Gasteiger partial charge in [-0.3, -0.25) is 0 Å². The van der Waals surface area contributed by atoms with Crippen LogP contribution < -0.4 is 0 Å². The molecule has 0 fully saturated rings. The molecule has 0 bridgehead atoms. The molecule has 0 radical (unpaired) electrons. The van der Waals surface area contributed by atoms with Gasteiger partial charge in [0.2, 0.25) is 0 Å². The molecular weight excluding hydrogens is 1020 g/mol. The molecule has 2 aromatic heterocycles. The van der Waals surface area contributed by atoms with Gasteiger partial charge in [-0.15, -0.1) is 0 Å². The molecule has 0 saturated heterocycles. The number of hydrogen-bond acceptors (Lipinski definition) is 2. The van der Waals surface area contributed by atoms with E-state index in [1.54, 1.807) is 0 Å². The molecule has 0 atom stereocenters. The zero-order valence-corrected chi connectivity index (χ0v) is 41.8. The van der Waals surface area contributed by atoms with Crippen LogP contribution in [0.25, 0.3) is 175 Å². The third-order valence-corrected chi connectivity index (χ3v) is 13.7. The van der Waals surface area contributed by atoms with E-state index in [0.29, 0.717) is 0 Å². The number of rotatable bonds is 5. The number of fused-ring (bicyclic) bond motifs is 13. The summed E-state index contributed by atoms with van der Waals surface area (Å²) in [5.74, 6) is 0. The summed E-state index contributed by atoms with van der Waals surface area (Å²) in [5.41, 5.74) is -9.63. The van der Waals surface area contributed by atoms with Crippen LogP contribution in [0.5, 0.6) is 0 Å². The highest BCUT2D eigenvalue weighted by Crippen LogP contribution is 2.49. The lowest BCUT2D eigenvalue weighted by atomic mass is 9.83. The second kappa shape index (κ2) is 19.3. The average molecular weight is 1120 g/mol. The summed E-state index contributed by atoms with van der Waals surface area (Å²) in [7, 11) is 0. The van der Waals surface area contributed by atoms with Crippen LogP contribution in [0.4, 0.5) is 0 Å². The lowest BCUT2D eigenvalue weighted by Gasteiger charge is -2.19. The summed E-state index contributed by atoms with van der Waals surface area (Å²) < 4.78 is 458. The summed E-state index contributed by atoms with van der Waals surface area (Å²) in [5, 5.41) is -10.7. The number of furan rings is 2. The molecule has 0 aliphatic carbocycles. The minimum Gasteiger partial charge on any atom is -0.456 e. The van der Waals surface area contributed by atoms with Crippen LogP contribution in [0.2, 0.25) is 0 Å². The van der Waals surface area contributed by atoms with Crippen molar-refractivity contribution in [2.24, 2.45) is 0 Å². The summed E-state index contributed by atoms with van der Waals surface area (Å²) in [6.45, 7) is 0. The molecule has 390 valence electrons. The van der Waals surface area contributed by atoms with Gasteiger partial charge in [-0.2, -0.15) is 0 Å². The second-order valence-electron chi connectivity index (χ2n) is 18.3. The van der Waals surface area contributed by atoms with Gasteiger partial charge in [-0.1, -0.05) is 242 Å². The maximum Gasteiger partial charge on any atom is 0.136 e. The van der Waals surface area contributed by atoms with Crippen molar-refractivity contribution in [1.82, 2.24) is 0 Å². The van der Waals surface area contributed by atoms with E-state index in [-0.39, 0.29) is 0 Å². The molecule has 0 saturated carbocycles. The standard InChI is InChI=1S/C46H28O.C36H22O/c1-2-12-29(13-3-1)34-24-32-16-6-7-17-35(32)42(27-34)46-38-20-10-8-18-36(38)45(37-19-9-11-21-39(37)46)33-22-23-43-40(26-33)41-25-30-14-4-5-15-31(30)28-44(41)47-43;1-2-10-23(11-3-1)35-27-14-6-8-16-29(27)36(30-17-9-7-15-28(30)35)26-18-19-33-31(21-26)32-20-24-12-4-5-13-25(24)22-34(32)37-33/h1-28H;1-22H/i1D,2D,3D,4D,5D,6D,7D,8D,9D,10D,11D,12D,13D,14D,15D,16D,17D,18D,19D,20D,21D,22D,23D,24D,25D,26D,27D,28D;1D,2D,3D,4D,5D,6D,7D,8D,9D,10D,11D,12D,13D,14D,15D,16D,17D,18D,19D,20D,21D,22D. The Morgan fingerprint density at radius 1 is 0.179 bits per heavy atom. The van der Waals surface area contributed by atoms with E-state index in [1.807, 2.05) is 0 Å². The first kappa shape index (κ1) is 19.6. The van der Waals surface area contributed by atoms with Crippen LogP contribution in [0.15, 0.2) is 311 Å². The lowest BCUT2D eigenvalue weighted by molar-refractivity contribution is 0.669. The zero-order chi connectivity index (χ0) is 98.8. The predicted octanol–water partition coefficient (Wildman–Crippen LogP) is 23.6. The average Bonchev–Trinajstić information content (AvgIpc) is 0.993. The quantitative estimate of drug-likeness (QED) is 0.161. The van der Waals surface area contributed by atoms with Crippen molar-refractivity contribution in [2.75, 3.05) is 0 Å². The molecular formula is C82H50O2. The second-order valence-corrected chi connectivity index (χ2v) is 18.3. The van der Waals surface area contributed by atoms with Crippen LogP contribution >= 0.6 is 0 Å². The summed E-state index contributed by atoms with van der Waals surface area (Å²) in [6, 6.07) is -44.2. The largest absolute Gasteiger partial charge is 0.456 e. The first-order chi connectivity index (χ1) is 62.5. The van der Waals surface area contributed by atoms with Crippen molar-refractivity contribution < 1.29 is 77.4 Å². The smallest absolute Gasteiger partial charge is 0.136 e. The Balaban J connectivity index is 0.000000192. The Morgan fingerprint density at radius 2 is 0.500 bits per heavy atom. The molecule has 2 heteroatoms. The van der Waals surface area contributed by atoms with Crippen LogP contribution in [0.1, 0.15) is 68.5 Å². The fourth-order valence-corrected chi connectivity index (χ4v) is 10.2. The van der Waals surface area contributed by atoms with Gasteiger partial charge in [0, 0.05) is 21.5 Å². The molecule has 84 heavy (non-hydrogen) atoms. The van der Waals surface area contributed by atoms with Crippen molar-refractivity contribution in [2.45, 2.75) is 0 Å². The van der Waals surface area contributed by atoms with E-state index >= 15 is 0 Å². The molecule has 2 heterocycles. The number of hydrogen-bond donors (Lipinski definition) is 0. The van der Waals surface area contributed by atoms with Crippen molar-refractivity contribution in [3.8, 4) is 55.6 Å². The molecule has 18 aromatic rings. The van der Waals surface area contributed by atoms with E-state index in [9.17, 15) is 20.6 Å². The number of benzene rings is 16. The van der Waals surface area contributed by atoms with Crippen LogP contribution in [0.3, 0.4) is 0 Å². The molecule has 0 aliphatic heterocycles. The van der Waals surface area contributed by atoms with E-state index in [2.05, 4.69) is 0 Å². The van der Waals surface area contributed by atoms with E-state index < -0.39 is 477 Å². The molecule has 0 amide bonds. The SMILES string of the molecule is [2H]c1c([2H])c([2H])c(-c2c([2H])c(-c3c4c([2H])c([2H])c([2H])c([2H])c4c(-c4c([2H])c([2H])c5oc6c([2H])c7c([2H])c([2H])c([2H])c([2H])c7c([2H])c6c5c4[2H])c4c([2H])c([2H])c([2H])c([2H])c34)c3c([2H])c([2H])c([2H])c([2H])c3c2[2H])c([2H])c1[2H].[2H]c1c([2H])c([2H])c(-c2c3c([2H])c([2H])c([2H])c([2H])c3c(-c3c([2H])c([2H])c4oc5c([2H])c6c([2H])c([2H])c([2H])c([2H])c6c([2H])c5c4c3[2H])c3c([2H])c([2H])c([2H])c([2H])c23)c([2H])c1[2H]. The highest BCUT2D eigenvalue weighted by molar-refractivity contribution is 6.26. The summed E-state index contributed by atoms with van der Waals surface area (Å²) in [6.07, 6.45) is 0. The molecule has 2 nitrogen and oxygen atoms in total. The zero-order valence-electron chi connectivity index (χ0n) is 91.8. The maximum atomic E-state index is 9.96. The highest BCUT2D eigenvalue weighted by Gasteiger charge is 2.22. The van der Waals surface area contributed by atoms with Crippen LogP contribution in [-0.4, -0.2) is 0 Å². The Labute approximate surface area is 554 Å². The minimum atomic E-state index is -1.08. The Kier molecular flexibility index (Phi) is 4.49. The Bertz CT molecular complexity index is 8570. The third kappa shape index (κ3) is 7.73. The Morgan fingerprint density at radius 3 is 0.929 bits per heavy atom. The molecule has 0 N–H and O–H groups in total. The van der Waals surface area contributed by atoms with Crippen molar-refractivity contribution in [3.05, 3.63) is 302 Å². The van der Waals surface area contributed by atoms with Gasteiger partial charge in [0.15, 0.2) is 0 Å². The van der Waals surface area contributed by atoms with Gasteiger partial charge in [-0.25, -0.2) is 0 Å². The maximum absolute atomic E-state index is 9.96. The Hall–Kier alpha value is -11.1. The molecule has 0 spiro atoms. The van der Waals surface area contributed by atoms with Crippen LogP contribution in [-0.2, 0) is 0 Å². The van der Waals surface area contributed by atoms with Gasteiger partial charge in [0.1, 0.15) is 22.3 Å². The van der Waals surface area contributed by atoms with E-state index in [4.69, 9.17) is 56.8 Å². The normalized spacial score (nSPS) is 20.1. The first-order valence-corrected chi connectivity index (χ1v) is 24.8. The van der Waals surface area contributed by atoms with Crippen LogP contribution in [0, 0.1) is 0 Å². The topological polar surface area (TPSA) is 26.3 Å². The summed E-state index contributed by atoms with van der Waals surface area (Å²) in [4.78, 5) is 0. The summed E-state index contributed by atoms with van der Waals surface area (Å²) >= 11 is 0. The lowest BCUT2D eigenvalue weighted by Crippen LogP contribution is -1.92. The van der Waals surface area contributed by atoms with E-state index in [1.165, 1.54) is 0 Å². The van der Waals surface area contributed by atoms with Gasteiger partial charge in [-0.05, 0) is 191 Å². The highest BCUT2D eigenvalue weighted by atomic mass is 16.3. The van der Waals surface area contributed by atoms with Gasteiger partial charge >= 0.3 is 0 Å². The molecule has 18 rings (SSSR count). The van der Waals surface area contributed by atoms with Crippen molar-refractivity contribution in [3.63, 3.8) is 0 Å². The first-order valence-electron chi connectivity index (χ1n) is 49.8. The molecule has 0 aliphatic rings. The van der Waals surface area contributed by atoms with Gasteiger partial charge < -0.3 is 8.83 Å². The van der Waals surface area contributed by atoms with Crippen molar-refractivity contribution in [1.29, 1.82) is 0 Å². The molecule has 16 aromatic carbocycles. The van der Waals surface area contributed by atoms with Gasteiger partial charge in [0.25, 0.3) is 0 Å². The van der Waals surface area contributed by atoms with Crippen molar-refractivity contribution >= 4 is 119 Å². The molecule has 0 unspecified atom stereocenters. The monoisotopic (exact) mass is 1120 g/mol. The third-order valence-electron chi connectivity index (χ3n) is 13.7. The fourth-order valence-electron chi connectivity index (χ4n) is 10.2. The predicted molar refractivity (Wildman–Crippen MR) is 357 cm³/mol.